The normalized spacial score (nSPS) is 19.6. The molecule has 0 aromatic heterocycles. The number of anilines is 2. The van der Waals surface area contributed by atoms with Crippen molar-refractivity contribution in [1.29, 1.82) is 0 Å². The summed E-state index contributed by atoms with van der Waals surface area (Å²) in [5.41, 5.74) is 1.98. The number of fused-ring (bicyclic) bond motifs is 1. The highest BCUT2D eigenvalue weighted by molar-refractivity contribution is 5.74. The largest absolute Gasteiger partial charge is 0.494 e. The van der Waals surface area contributed by atoms with Crippen LogP contribution in [0.4, 0.5) is 15.8 Å². The summed E-state index contributed by atoms with van der Waals surface area (Å²) in [6.45, 7) is 1.88. The van der Waals surface area contributed by atoms with Crippen molar-refractivity contribution in [2.75, 3.05) is 30.4 Å². The molecule has 3 rings (SSSR count). The summed E-state index contributed by atoms with van der Waals surface area (Å²) in [7, 11) is 1.51. The summed E-state index contributed by atoms with van der Waals surface area (Å²) >= 11 is 0. The van der Waals surface area contributed by atoms with Crippen LogP contribution in [-0.4, -0.2) is 26.2 Å². The van der Waals surface area contributed by atoms with E-state index < -0.39 is 0 Å². The molecule has 18 heavy (non-hydrogen) atoms. The van der Waals surface area contributed by atoms with Gasteiger partial charge in [-0.25, -0.2) is 4.39 Å². The quantitative estimate of drug-likeness (QED) is 0.873. The summed E-state index contributed by atoms with van der Waals surface area (Å²) in [6.07, 6.45) is 5.11. The molecule has 2 aliphatic rings. The van der Waals surface area contributed by atoms with Gasteiger partial charge in [-0.2, -0.15) is 0 Å². The molecule has 3 nitrogen and oxygen atoms in total. The van der Waals surface area contributed by atoms with E-state index in [1.165, 1.54) is 32.8 Å². The van der Waals surface area contributed by atoms with Crippen molar-refractivity contribution in [2.45, 2.75) is 31.7 Å². The van der Waals surface area contributed by atoms with Crippen LogP contribution in [0.3, 0.4) is 0 Å². The maximum atomic E-state index is 13.7. The van der Waals surface area contributed by atoms with E-state index in [2.05, 4.69) is 10.2 Å². The van der Waals surface area contributed by atoms with E-state index >= 15 is 0 Å². The van der Waals surface area contributed by atoms with Gasteiger partial charge >= 0.3 is 0 Å². The van der Waals surface area contributed by atoms with E-state index in [1.54, 1.807) is 6.07 Å². The number of methoxy groups -OCH3 is 1. The molecule has 0 amide bonds. The summed E-state index contributed by atoms with van der Waals surface area (Å²) in [5, 5.41) is 3.27. The summed E-state index contributed by atoms with van der Waals surface area (Å²) in [4.78, 5) is 2.42. The maximum absolute atomic E-state index is 13.7. The van der Waals surface area contributed by atoms with Crippen LogP contribution in [0, 0.1) is 5.82 Å². The third-order valence-corrected chi connectivity index (χ3v) is 4.01. The highest BCUT2D eigenvalue weighted by Crippen LogP contribution is 2.38. The Morgan fingerprint density at radius 2 is 2.11 bits per heavy atom. The standard InChI is InChI=1S/C14H19FN2O/c1-18-14-9-13-12(8-11(14)15)16-6-7-17(13)10-4-2-3-5-10/h8-10,16H,2-7H2,1H3. The Bertz CT molecular complexity index is 444. The second kappa shape index (κ2) is 4.67. The number of nitrogens with zero attached hydrogens (tertiary/aromatic N) is 1. The summed E-state index contributed by atoms with van der Waals surface area (Å²) < 4.78 is 18.8. The molecule has 98 valence electrons. The second-order valence-electron chi connectivity index (χ2n) is 5.06. The van der Waals surface area contributed by atoms with Gasteiger partial charge in [-0.1, -0.05) is 12.8 Å². The monoisotopic (exact) mass is 250 g/mol. The molecule has 4 heteroatoms. The minimum absolute atomic E-state index is 0.294. The van der Waals surface area contributed by atoms with E-state index in [1.807, 2.05) is 6.07 Å². The zero-order valence-corrected chi connectivity index (χ0v) is 10.7. The zero-order chi connectivity index (χ0) is 12.5. The first kappa shape index (κ1) is 11.6. The van der Waals surface area contributed by atoms with Crippen LogP contribution in [0.5, 0.6) is 5.75 Å². The van der Waals surface area contributed by atoms with Crippen molar-refractivity contribution in [2.24, 2.45) is 0 Å². The zero-order valence-electron chi connectivity index (χ0n) is 10.7. The Morgan fingerprint density at radius 1 is 1.33 bits per heavy atom. The van der Waals surface area contributed by atoms with Gasteiger partial charge in [0, 0.05) is 31.3 Å². The van der Waals surface area contributed by atoms with Gasteiger partial charge in [-0.15, -0.1) is 0 Å². The van der Waals surface area contributed by atoms with Crippen molar-refractivity contribution >= 4 is 11.4 Å². The lowest BCUT2D eigenvalue weighted by atomic mass is 10.1. The van der Waals surface area contributed by atoms with Gasteiger partial charge in [0.2, 0.25) is 0 Å². The average molecular weight is 250 g/mol. The minimum Gasteiger partial charge on any atom is -0.494 e. The van der Waals surface area contributed by atoms with Crippen LogP contribution in [-0.2, 0) is 0 Å². The first-order valence-corrected chi connectivity index (χ1v) is 6.67. The molecule has 0 spiro atoms. The number of halogens is 1. The van der Waals surface area contributed by atoms with E-state index in [9.17, 15) is 4.39 Å². The van der Waals surface area contributed by atoms with Gasteiger partial charge in [-0.3, -0.25) is 0 Å². The van der Waals surface area contributed by atoms with Gasteiger partial charge in [0.15, 0.2) is 11.6 Å². The minimum atomic E-state index is -0.294. The molecule has 0 saturated heterocycles. The van der Waals surface area contributed by atoms with Crippen LogP contribution in [0.2, 0.25) is 0 Å². The van der Waals surface area contributed by atoms with E-state index in [4.69, 9.17) is 4.74 Å². The molecule has 0 radical (unpaired) electrons. The number of rotatable bonds is 2. The third-order valence-electron chi connectivity index (χ3n) is 4.01. The fraction of sp³-hybridized carbons (Fsp3) is 0.571. The van der Waals surface area contributed by atoms with E-state index in [0.29, 0.717) is 11.8 Å². The Hall–Kier alpha value is -1.45. The average Bonchev–Trinajstić information content (AvgIpc) is 2.90. The lowest BCUT2D eigenvalue weighted by molar-refractivity contribution is 0.386. The molecule has 0 bridgehead atoms. The van der Waals surface area contributed by atoms with Crippen LogP contribution < -0.4 is 15.0 Å². The molecule has 0 unspecified atom stereocenters. The predicted octanol–water partition coefficient (Wildman–Crippen LogP) is 3.01. The smallest absolute Gasteiger partial charge is 0.167 e. The van der Waals surface area contributed by atoms with Gasteiger partial charge < -0.3 is 15.0 Å². The molecule has 1 heterocycles. The van der Waals surface area contributed by atoms with Crippen molar-refractivity contribution in [3.05, 3.63) is 17.9 Å². The highest BCUT2D eigenvalue weighted by Gasteiger charge is 2.27. The molecular weight excluding hydrogens is 231 g/mol. The molecular formula is C14H19FN2O. The Balaban J connectivity index is 1.97. The fourth-order valence-electron chi connectivity index (χ4n) is 3.10. The number of hydrogen-bond donors (Lipinski definition) is 1. The predicted molar refractivity (Wildman–Crippen MR) is 71.0 cm³/mol. The van der Waals surface area contributed by atoms with Crippen LogP contribution in [0.25, 0.3) is 0 Å². The molecule has 1 N–H and O–H groups in total. The van der Waals surface area contributed by atoms with Gasteiger partial charge in [-0.05, 0) is 12.8 Å². The summed E-state index contributed by atoms with van der Waals surface area (Å²) in [5.74, 6) is 0.0393. The molecule has 0 atom stereocenters. The number of ether oxygens (including phenoxy) is 1. The van der Waals surface area contributed by atoms with Crippen LogP contribution in [0.1, 0.15) is 25.7 Å². The van der Waals surface area contributed by atoms with Crippen molar-refractivity contribution < 1.29 is 9.13 Å². The topological polar surface area (TPSA) is 24.5 Å². The Morgan fingerprint density at radius 3 is 2.83 bits per heavy atom. The molecule has 1 aliphatic carbocycles. The lowest BCUT2D eigenvalue weighted by Gasteiger charge is -2.37. The van der Waals surface area contributed by atoms with E-state index in [0.717, 1.165) is 24.5 Å². The Kier molecular flexibility index (Phi) is 3.02. The highest BCUT2D eigenvalue weighted by atomic mass is 19.1. The SMILES string of the molecule is COc1cc2c(cc1F)NCCN2C1CCCC1. The second-order valence-corrected chi connectivity index (χ2v) is 5.06. The molecule has 1 fully saturated rings. The van der Waals surface area contributed by atoms with Crippen molar-refractivity contribution in [3.8, 4) is 5.75 Å². The molecule has 1 aromatic rings. The van der Waals surface area contributed by atoms with Crippen LogP contribution in [0.15, 0.2) is 12.1 Å². The van der Waals surface area contributed by atoms with Crippen molar-refractivity contribution in [3.63, 3.8) is 0 Å². The number of nitrogens with one attached hydrogen (secondary N) is 1. The molecule has 1 aliphatic heterocycles. The number of benzene rings is 1. The fourth-order valence-corrected chi connectivity index (χ4v) is 3.10. The Labute approximate surface area is 107 Å². The first-order valence-electron chi connectivity index (χ1n) is 6.67. The number of hydrogen-bond acceptors (Lipinski definition) is 3. The van der Waals surface area contributed by atoms with E-state index in [-0.39, 0.29) is 5.82 Å². The maximum Gasteiger partial charge on any atom is 0.167 e. The lowest BCUT2D eigenvalue weighted by Crippen LogP contribution is -2.40. The summed E-state index contributed by atoms with van der Waals surface area (Å²) in [6, 6.07) is 3.99. The third kappa shape index (κ3) is 1.89. The molecule has 1 aromatic carbocycles. The van der Waals surface area contributed by atoms with Gasteiger partial charge in [0.25, 0.3) is 0 Å². The van der Waals surface area contributed by atoms with Crippen molar-refractivity contribution in [1.82, 2.24) is 0 Å². The van der Waals surface area contributed by atoms with Crippen LogP contribution >= 0.6 is 0 Å². The first-order chi connectivity index (χ1) is 8.79. The molecule has 1 saturated carbocycles. The van der Waals surface area contributed by atoms with Gasteiger partial charge in [0.1, 0.15) is 0 Å². The van der Waals surface area contributed by atoms with Gasteiger partial charge in [0.05, 0.1) is 18.5 Å².